The number of fused-ring (bicyclic) bond motifs is 1. The van der Waals surface area contributed by atoms with Crippen LogP contribution in [-0.4, -0.2) is 46.7 Å². The van der Waals surface area contributed by atoms with Crippen molar-refractivity contribution in [1.82, 2.24) is 29.9 Å². The highest BCUT2D eigenvalue weighted by Crippen LogP contribution is 2.33. The van der Waals surface area contributed by atoms with E-state index in [4.69, 9.17) is 4.52 Å². The monoisotopic (exact) mass is 516 g/mol. The van der Waals surface area contributed by atoms with Crippen LogP contribution >= 0.6 is 0 Å². The van der Waals surface area contributed by atoms with E-state index >= 15 is 0 Å². The minimum Gasteiger partial charge on any atom is -0.394 e. The fourth-order valence-corrected chi connectivity index (χ4v) is 4.00. The number of rotatable bonds is 9. The van der Waals surface area contributed by atoms with Gasteiger partial charge in [0.05, 0.1) is 29.3 Å². The fourth-order valence-electron chi connectivity index (χ4n) is 4.00. The minimum absolute atomic E-state index is 0.133. The highest BCUT2D eigenvalue weighted by molar-refractivity contribution is 5.79. The van der Waals surface area contributed by atoms with Gasteiger partial charge in [-0.25, -0.2) is 9.97 Å². The largest absolute Gasteiger partial charge is 0.394 e. The van der Waals surface area contributed by atoms with Gasteiger partial charge in [-0.3, -0.25) is 14.6 Å². The van der Waals surface area contributed by atoms with Crippen molar-refractivity contribution in [3.63, 3.8) is 0 Å². The lowest BCUT2D eigenvalue weighted by Crippen LogP contribution is -2.17. The zero-order valence-electron chi connectivity index (χ0n) is 21.1. The van der Waals surface area contributed by atoms with Crippen LogP contribution in [-0.2, 0) is 12.1 Å². The molecule has 5 N–H and O–H groups in total. The van der Waals surface area contributed by atoms with E-state index in [9.17, 15) is 15.0 Å². The molecule has 0 amide bonds. The molecule has 5 aromatic rings. The number of pyridine rings is 2. The van der Waals surface area contributed by atoms with E-state index in [0.717, 1.165) is 5.56 Å². The van der Waals surface area contributed by atoms with E-state index < -0.39 is 11.6 Å². The Hall–Kier alpha value is -4.55. The summed E-state index contributed by atoms with van der Waals surface area (Å²) < 4.78 is 7.12. The number of nitrogens with zero attached hydrogens (tertiary/aromatic N) is 5. The van der Waals surface area contributed by atoms with Crippen LogP contribution in [0, 0.1) is 0 Å². The molecule has 38 heavy (non-hydrogen) atoms. The first-order valence-electron chi connectivity index (χ1n) is 12.1. The third-order valence-corrected chi connectivity index (χ3v) is 6.01. The molecular formula is C26H28N8O4. The van der Waals surface area contributed by atoms with Gasteiger partial charge in [-0.15, -0.1) is 0 Å². The summed E-state index contributed by atoms with van der Waals surface area (Å²) in [6.07, 6.45) is 1.56. The molecule has 5 rings (SSSR count). The Kier molecular flexibility index (Phi) is 6.66. The summed E-state index contributed by atoms with van der Waals surface area (Å²) in [6.45, 7) is 5.44. The standard InChI is InChI=1S/C26H28N8O4/c1-4-34-22-16(23(36)32-34)10-11-20(30-22)29-21-12-18(28-19(14-35)15-8-6-5-7-9-15)17(13-27-21)24-31-25(33-38-24)26(2,3)37/h5-13,19,35,37H,4,14H2,1-3H3,(H,32,36)(H2,27,28,29,30)/t19-/m1/s1. The number of hydrogen-bond donors (Lipinski definition) is 5. The molecule has 12 heteroatoms. The van der Waals surface area contributed by atoms with Crippen molar-refractivity contribution in [3.8, 4) is 11.5 Å². The molecule has 196 valence electrons. The Morgan fingerprint density at radius 1 is 1.13 bits per heavy atom. The normalized spacial score (nSPS) is 12.6. The van der Waals surface area contributed by atoms with Gasteiger partial charge in [-0.1, -0.05) is 35.5 Å². The van der Waals surface area contributed by atoms with E-state index in [-0.39, 0.29) is 23.9 Å². The van der Waals surface area contributed by atoms with Gasteiger partial charge < -0.3 is 25.4 Å². The van der Waals surface area contributed by atoms with Crippen LogP contribution in [0.1, 0.15) is 38.2 Å². The molecule has 1 atom stereocenters. The predicted octanol–water partition coefficient (Wildman–Crippen LogP) is 3.31. The smallest absolute Gasteiger partial charge is 0.273 e. The van der Waals surface area contributed by atoms with Gasteiger partial charge in [-0.05, 0) is 38.5 Å². The van der Waals surface area contributed by atoms with E-state index in [1.807, 2.05) is 37.3 Å². The van der Waals surface area contributed by atoms with Crippen molar-refractivity contribution in [2.24, 2.45) is 0 Å². The van der Waals surface area contributed by atoms with Crippen LogP contribution in [0.5, 0.6) is 0 Å². The molecule has 0 unspecified atom stereocenters. The zero-order chi connectivity index (χ0) is 26.9. The van der Waals surface area contributed by atoms with Crippen LogP contribution in [0.3, 0.4) is 0 Å². The number of aryl methyl sites for hydroxylation is 1. The number of H-pyrrole nitrogens is 1. The number of nitrogens with one attached hydrogen (secondary N) is 3. The molecule has 0 radical (unpaired) electrons. The summed E-state index contributed by atoms with van der Waals surface area (Å²) in [6, 6.07) is 14.2. The molecule has 0 spiro atoms. The average Bonchev–Trinajstić information content (AvgIpc) is 3.53. The maximum Gasteiger partial charge on any atom is 0.273 e. The molecule has 0 aliphatic rings. The van der Waals surface area contributed by atoms with Crippen molar-refractivity contribution < 1.29 is 14.7 Å². The van der Waals surface area contributed by atoms with E-state index in [1.165, 1.54) is 0 Å². The number of hydrogen-bond acceptors (Lipinski definition) is 10. The maximum atomic E-state index is 12.1. The Bertz CT molecular complexity index is 1620. The third kappa shape index (κ3) is 4.99. The van der Waals surface area contributed by atoms with Crippen LogP contribution in [0.4, 0.5) is 17.3 Å². The number of aromatic amines is 1. The molecule has 0 saturated carbocycles. The molecule has 0 aliphatic heterocycles. The summed E-state index contributed by atoms with van der Waals surface area (Å²) in [5.41, 5.74) is 0.977. The van der Waals surface area contributed by atoms with Gasteiger partial charge in [0.2, 0.25) is 5.82 Å². The number of aliphatic hydroxyl groups excluding tert-OH is 1. The number of benzene rings is 1. The Labute approximate surface area is 217 Å². The van der Waals surface area contributed by atoms with Crippen LogP contribution in [0.15, 0.2) is 64.0 Å². The quantitative estimate of drug-likeness (QED) is 0.196. The molecule has 4 aromatic heterocycles. The second-order valence-corrected chi connectivity index (χ2v) is 9.27. The topological polar surface area (TPSA) is 167 Å². The maximum absolute atomic E-state index is 12.1. The highest BCUT2D eigenvalue weighted by atomic mass is 16.5. The van der Waals surface area contributed by atoms with Crippen LogP contribution < -0.4 is 16.2 Å². The molecule has 1 aromatic carbocycles. The SMILES string of the molecule is CCn1[nH]c(=O)c2ccc(Nc3cc(N[C@H](CO)c4ccccc4)c(-c4nc(C(C)(C)O)no4)cn3)nc21. The second kappa shape index (κ2) is 10.1. The first kappa shape index (κ1) is 25.1. The van der Waals surface area contributed by atoms with Gasteiger partial charge >= 0.3 is 0 Å². The van der Waals surface area contributed by atoms with Crippen molar-refractivity contribution >= 4 is 28.4 Å². The van der Waals surface area contributed by atoms with E-state index in [0.29, 0.717) is 40.5 Å². The minimum atomic E-state index is -1.29. The van der Waals surface area contributed by atoms with Gasteiger partial charge in [0, 0.05) is 18.8 Å². The summed E-state index contributed by atoms with van der Waals surface area (Å²) in [5, 5.41) is 34.1. The number of anilines is 3. The predicted molar refractivity (Wildman–Crippen MR) is 142 cm³/mol. The summed E-state index contributed by atoms with van der Waals surface area (Å²) in [7, 11) is 0. The van der Waals surface area contributed by atoms with Crippen LogP contribution in [0.2, 0.25) is 0 Å². The van der Waals surface area contributed by atoms with E-state index in [2.05, 4.69) is 35.8 Å². The summed E-state index contributed by atoms with van der Waals surface area (Å²) >= 11 is 0. The first-order valence-corrected chi connectivity index (χ1v) is 12.1. The molecule has 0 fully saturated rings. The fraction of sp³-hybridized carbons (Fsp3) is 0.269. The zero-order valence-corrected chi connectivity index (χ0v) is 21.1. The van der Waals surface area contributed by atoms with Gasteiger partial charge in [0.15, 0.2) is 5.65 Å². The summed E-state index contributed by atoms with van der Waals surface area (Å²) in [5.74, 6) is 1.24. The highest BCUT2D eigenvalue weighted by Gasteiger charge is 2.25. The lowest BCUT2D eigenvalue weighted by Gasteiger charge is -2.20. The summed E-state index contributed by atoms with van der Waals surface area (Å²) in [4.78, 5) is 25.6. The van der Waals surface area contributed by atoms with Crippen molar-refractivity contribution in [2.75, 3.05) is 17.2 Å². The Balaban J connectivity index is 1.53. The van der Waals surface area contributed by atoms with Gasteiger partial charge in [-0.2, -0.15) is 4.98 Å². The Morgan fingerprint density at radius 3 is 2.61 bits per heavy atom. The number of aromatic nitrogens is 6. The average molecular weight is 517 g/mol. The molecule has 4 heterocycles. The van der Waals surface area contributed by atoms with Gasteiger partial charge in [0.25, 0.3) is 11.4 Å². The molecule has 0 bridgehead atoms. The molecule has 0 aliphatic carbocycles. The first-order chi connectivity index (χ1) is 18.3. The Morgan fingerprint density at radius 2 is 1.92 bits per heavy atom. The third-order valence-electron chi connectivity index (χ3n) is 6.01. The molecule has 0 saturated heterocycles. The molecule has 12 nitrogen and oxygen atoms in total. The second-order valence-electron chi connectivity index (χ2n) is 9.27. The lowest BCUT2D eigenvalue weighted by atomic mass is 10.1. The molecular weight excluding hydrogens is 488 g/mol. The van der Waals surface area contributed by atoms with E-state index in [1.54, 1.807) is 42.9 Å². The lowest BCUT2D eigenvalue weighted by molar-refractivity contribution is 0.0661. The van der Waals surface area contributed by atoms with Crippen molar-refractivity contribution in [2.45, 2.75) is 39.0 Å². The van der Waals surface area contributed by atoms with Crippen molar-refractivity contribution in [1.29, 1.82) is 0 Å². The van der Waals surface area contributed by atoms with Crippen molar-refractivity contribution in [3.05, 3.63) is 76.5 Å². The van der Waals surface area contributed by atoms with Crippen LogP contribution in [0.25, 0.3) is 22.5 Å². The number of aliphatic hydroxyl groups is 2. The van der Waals surface area contributed by atoms with Gasteiger partial charge in [0.1, 0.15) is 17.2 Å².